The molecule has 37 heavy (non-hydrogen) atoms. The van der Waals surface area contributed by atoms with Crippen LogP contribution < -0.4 is 5.73 Å². The van der Waals surface area contributed by atoms with Crippen LogP contribution in [0, 0.1) is 0 Å². The number of nitrogens with zero attached hydrogens (tertiary/aromatic N) is 3. The summed E-state index contributed by atoms with van der Waals surface area (Å²) < 4.78 is 28.3. The van der Waals surface area contributed by atoms with Crippen LogP contribution in [0.1, 0.15) is 37.7 Å². The molecule has 3 fully saturated rings. The van der Waals surface area contributed by atoms with E-state index in [1.165, 1.54) is 28.1 Å². The second-order valence-corrected chi connectivity index (χ2v) is 13.2. The Bertz CT molecular complexity index is 1230. The summed E-state index contributed by atoms with van der Waals surface area (Å²) in [5.41, 5.74) is 7.64. The maximum absolute atomic E-state index is 13.8. The minimum atomic E-state index is -3.75. The van der Waals surface area contributed by atoms with Crippen LogP contribution in [0.3, 0.4) is 0 Å². The monoisotopic (exact) mass is 564 g/mol. The fourth-order valence-electron chi connectivity index (χ4n) is 6.13. The lowest BCUT2D eigenvalue weighted by Crippen LogP contribution is -2.54. The normalized spacial score (nSPS) is 27.8. The van der Waals surface area contributed by atoms with E-state index in [9.17, 15) is 13.2 Å². The molecule has 3 aliphatic rings. The highest BCUT2D eigenvalue weighted by Crippen LogP contribution is 2.33. The third kappa shape index (κ3) is 5.70. The summed E-state index contributed by atoms with van der Waals surface area (Å²) >= 11 is 12.1. The first-order valence-electron chi connectivity index (χ1n) is 13.0. The SMILES string of the molecule is N[C@@H]1C[C@H]2C(=O)N([C@H]3CCCN(S(=O)(=O)c4ccc(Cl)c(Cl)c4)C3)CCC(CCc3ccccc3)N2C1. The van der Waals surface area contributed by atoms with Crippen LogP contribution in [0.5, 0.6) is 0 Å². The average molecular weight is 566 g/mol. The van der Waals surface area contributed by atoms with Crippen molar-refractivity contribution in [2.75, 3.05) is 26.2 Å². The van der Waals surface area contributed by atoms with Gasteiger partial charge in [-0.2, -0.15) is 4.31 Å². The first kappa shape index (κ1) is 26.9. The highest BCUT2D eigenvalue weighted by molar-refractivity contribution is 7.89. The number of nitrogens with two attached hydrogens (primary N) is 1. The maximum Gasteiger partial charge on any atom is 0.243 e. The molecular formula is C27H34Cl2N4O3S. The molecular weight excluding hydrogens is 531 g/mol. The first-order chi connectivity index (χ1) is 17.7. The number of halogens is 2. The highest BCUT2D eigenvalue weighted by atomic mass is 35.5. The topological polar surface area (TPSA) is 87.0 Å². The van der Waals surface area contributed by atoms with Crippen molar-refractivity contribution in [1.82, 2.24) is 14.1 Å². The van der Waals surface area contributed by atoms with E-state index in [4.69, 9.17) is 28.9 Å². The average Bonchev–Trinajstić information content (AvgIpc) is 3.24. The van der Waals surface area contributed by atoms with Crippen LogP contribution in [0.25, 0.3) is 0 Å². The molecule has 10 heteroatoms. The molecule has 3 aliphatic heterocycles. The Morgan fingerprint density at radius 3 is 2.51 bits per heavy atom. The van der Waals surface area contributed by atoms with Gasteiger partial charge >= 0.3 is 0 Å². The lowest BCUT2D eigenvalue weighted by molar-refractivity contribution is -0.137. The van der Waals surface area contributed by atoms with E-state index in [0.29, 0.717) is 31.0 Å². The van der Waals surface area contributed by atoms with E-state index in [2.05, 4.69) is 29.2 Å². The summed E-state index contributed by atoms with van der Waals surface area (Å²) in [5, 5.41) is 0.520. The number of aryl methyl sites for hydroxylation is 1. The highest BCUT2D eigenvalue weighted by Gasteiger charge is 2.45. The third-order valence-electron chi connectivity index (χ3n) is 8.05. The molecule has 1 unspecified atom stereocenters. The zero-order valence-electron chi connectivity index (χ0n) is 20.8. The molecule has 7 nitrogen and oxygen atoms in total. The number of hydrogen-bond acceptors (Lipinski definition) is 5. The number of fused-ring (bicyclic) bond motifs is 1. The first-order valence-corrected chi connectivity index (χ1v) is 15.2. The van der Waals surface area contributed by atoms with Gasteiger partial charge in [-0.05, 0) is 62.3 Å². The number of hydrogen-bond donors (Lipinski definition) is 1. The largest absolute Gasteiger partial charge is 0.337 e. The minimum Gasteiger partial charge on any atom is -0.337 e. The number of sulfonamides is 1. The Morgan fingerprint density at radius 1 is 0.973 bits per heavy atom. The van der Waals surface area contributed by atoms with Gasteiger partial charge in [0.25, 0.3) is 0 Å². The number of carbonyl (C=O) groups is 1. The number of rotatable bonds is 6. The predicted molar refractivity (Wildman–Crippen MR) is 146 cm³/mol. The van der Waals surface area contributed by atoms with Gasteiger partial charge in [0.05, 0.1) is 21.0 Å². The van der Waals surface area contributed by atoms with Crippen LogP contribution in [-0.2, 0) is 21.2 Å². The van der Waals surface area contributed by atoms with E-state index in [1.54, 1.807) is 0 Å². The number of amides is 1. The van der Waals surface area contributed by atoms with Crippen molar-refractivity contribution in [3.05, 3.63) is 64.1 Å². The van der Waals surface area contributed by atoms with Crippen molar-refractivity contribution >= 4 is 39.1 Å². The van der Waals surface area contributed by atoms with E-state index in [-0.39, 0.29) is 46.5 Å². The molecule has 2 N–H and O–H groups in total. The van der Waals surface area contributed by atoms with Gasteiger partial charge in [0.1, 0.15) is 0 Å². The third-order valence-corrected chi connectivity index (χ3v) is 10.7. The second-order valence-electron chi connectivity index (χ2n) is 10.4. The number of piperidine rings is 1. The van der Waals surface area contributed by atoms with Crippen LogP contribution in [0.15, 0.2) is 53.4 Å². The lowest BCUT2D eigenvalue weighted by Gasteiger charge is -2.39. The molecule has 0 saturated carbocycles. The smallest absolute Gasteiger partial charge is 0.243 e. The maximum atomic E-state index is 13.8. The van der Waals surface area contributed by atoms with Gasteiger partial charge in [0.15, 0.2) is 0 Å². The van der Waals surface area contributed by atoms with Crippen LogP contribution >= 0.6 is 23.2 Å². The van der Waals surface area contributed by atoms with Crippen LogP contribution in [0.4, 0.5) is 0 Å². The van der Waals surface area contributed by atoms with Crippen molar-refractivity contribution in [1.29, 1.82) is 0 Å². The fourth-order valence-corrected chi connectivity index (χ4v) is 8.03. The van der Waals surface area contributed by atoms with Crippen molar-refractivity contribution < 1.29 is 13.2 Å². The van der Waals surface area contributed by atoms with Crippen LogP contribution in [-0.4, -0.2) is 78.8 Å². The van der Waals surface area contributed by atoms with Crippen molar-refractivity contribution in [3.63, 3.8) is 0 Å². The van der Waals surface area contributed by atoms with Gasteiger partial charge in [0, 0.05) is 44.3 Å². The molecule has 3 saturated heterocycles. The molecule has 3 heterocycles. The van der Waals surface area contributed by atoms with Gasteiger partial charge < -0.3 is 10.6 Å². The number of benzene rings is 2. The molecule has 2 aromatic carbocycles. The predicted octanol–water partition coefficient (Wildman–Crippen LogP) is 3.78. The summed E-state index contributed by atoms with van der Waals surface area (Å²) in [6.45, 7) is 2.06. The van der Waals surface area contributed by atoms with Gasteiger partial charge in [-0.15, -0.1) is 0 Å². The molecule has 5 rings (SSSR count). The minimum absolute atomic E-state index is 0.0222. The van der Waals surface area contributed by atoms with Gasteiger partial charge in [-0.1, -0.05) is 53.5 Å². The van der Waals surface area contributed by atoms with Gasteiger partial charge in [0.2, 0.25) is 15.9 Å². The Balaban J connectivity index is 1.32. The molecule has 0 aromatic heterocycles. The van der Waals surface area contributed by atoms with Crippen molar-refractivity contribution in [2.45, 2.75) is 67.6 Å². The molecule has 4 atom stereocenters. The summed E-state index contributed by atoms with van der Waals surface area (Å²) in [6, 6.07) is 14.7. The lowest BCUT2D eigenvalue weighted by atomic mass is 10.0. The van der Waals surface area contributed by atoms with Crippen molar-refractivity contribution in [2.24, 2.45) is 5.73 Å². The molecule has 0 spiro atoms. The van der Waals surface area contributed by atoms with E-state index in [0.717, 1.165) is 32.2 Å². The van der Waals surface area contributed by atoms with Gasteiger partial charge in [-0.25, -0.2) is 8.42 Å². The summed E-state index contributed by atoms with van der Waals surface area (Å²) in [4.78, 5) is 18.2. The molecule has 0 aliphatic carbocycles. The van der Waals surface area contributed by atoms with E-state index in [1.807, 2.05) is 11.0 Å². The van der Waals surface area contributed by atoms with Crippen molar-refractivity contribution in [3.8, 4) is 0 Å². The van der Waals surface area contributed by atoms with E-state index >= 15 is 0 Å². The fraction of sp³-hybridized carbons (Fsp3) is 0.519. The molecule has 2 aromatic rings. The molecule has 0 bridgehead atoms. The molecule has 0 radical (unpaired) electrons. The Labute approximate surface area is 229 Å². The summed E-state index contributed by atoms with van der Waals surface area (Å²) in [5.74, 6) is 0.0916. The quantitative estimate of drug-likeness (QED) is 0.576. The number of carbonyl (C=O) groups excluding carboxylic acids is 1. The standard InChI is InChI=1S/C27H34Cl2N4O3S/c28-24-11-10-23(16-25(24)29)37(35,36)31-13-4-7-22(18-31)32-14-12-21(9-8-19-5-2-1-3-6-19)33-17-20(30)15-26(33)27(32)34/h1-3,5-6,10-11,16,20-22,26H,4,7-9,12-15,17-18,30H2/t20-,21?,22+,26+/m1/s1. The second kappa shape index (κ2) is 11.2. The molecule has 1 amide bonds. The summed E-state index contributed by atoms with van der Waals surface area (Å²) in [6.07, 6.45) is 4.91. The Hall–Kier alpha value is -1.68. The zero-order valence-corrected chi connectivity index (χ0v) is 23.1. The zero-order chi connectivity index (χ0) is 26.2. The molecule has 200 valence electrons. The van der Waals surface area contributed by atoms with Crippen LogP contribution in [0.2, 0.25) is 10.0 Å². The Kier molecular flexibility index (Phi) is 8.15. The summed E-state index contributed by atoms with van der Waals surface area (Å²) in [7, 11) is -3.75. The van der Waals surface area contributed by atoms with Gasteiger partial charge in [-0.3, -0.25) is 9.69 Å². The Morgan fingerprint density at radius 2 is 1.76 bits per heavy atom. The van der Waals surface area contributed by atoms with E-state index < -0.39 is 10.0 Å².